The highest BCUT2D eigenvalue weighted by Crippen LogP contribution is 2.30. The second-order valence-electron chi connectivity index (χ2n) is 4.39. The molecule has 82 valence electrons. The number of nitrogens with zero attached hydrogens (tertiary/aromatic N) is 1. The number of fused-ring (bicyclic) bond motifs is 1. The van der Waals surface area contributed by atoms with Crippen LogP contribution in [0.2, 0.25) is 0 Å². The number of anilines is 1. The van der Waals surface area contributed by atoms with Gasteiger partial charge in [-0.1, -0.05) is 13.8 Å². The fourth-order valence-corrected chi connectivity index (χ4v) is 2.85. The molecule has 15 heavy (non-hydrogen) atoms. The number of nitrogens with one attached hydrogen (secondary N) is 1. The van der Waals surface area contributed by atoms with E-state index in [1.165, 1.54) is 17.0 Å². The van der Waals surface area contributed by atoms with Crippen molar-refractivity contribution in [2.45, 2.75) is 39.5 Å². The summed E-state index contributed by atoms with van der Waals surface area (Å²) >= 11 is 1.63. The number of carbonyl (C=O) groups excluding carboxylic acids is 1. The summed E-state index contributed by atoms with van der Waals surface area (Å²) in [6.07, 6.45) is 4.00. The zero-order valence-electron chi connectivity index (χ0n) is 9.17. The third-order valence-corrected chi connectivity index (χ3v) is 3.51. The summed E-state index contributed by atoms with van der Waals surface area (Å²) in [6.45, 7) is 4.09. The highest BCUT2D eigenvalue weighted by molar-refractivity contribution is 7.15. The van der Waals surface area contributed by atoms with Crippen LogP contribution in [0, 0.1) is 5.92 Å². The SMILES string of the molecule is CC(C)CC(=O)Nc1nc2c(s1)CCC2. The van der Waals surface area contributed by atoms with E-state index in [1.807, 2.05) is 13.8 Å². The molecule has 0 atom stereocenters. The lowest BCUT2D eigenvalue weighted by atomic mass is 10.1. The smallest absolute Gasteiger partial charge is 0.226 e. The topological polar surface area (TPSA) is 42.0 Å². The van der Waals surface area contributed by atoms with E-state index in [0.717, 1.165) is 18.0 Å². The van der Waals surface area contributed by atoms with Crippen molar-refractivity contribution >= 4 is 22.4 Å². The summed E-state index contributed by atoms with van der Waals surface area (Å²) in [4.78, 5) is 17.3. The molecule has 0 aliphatic heterocycles. The maximum atomic E-state index is 11.5. The van der Waals surface area contributed by atoms with Crippen LogP contribution in [0.5, 0.6) is 0 Å². The molecule has 3 nitrogen and oxygen atoms in total. The third kappa shape index (κ3) is 2.56. The molecule has 1 amide bonds. The van der Waals surface area contributed by atoms with Crippen LogP contribution >= 0.6 is 11.3 Å². The number of hydrogen-bond donors (Lipinski definition) is 1. The summed E-state index contributed by atoms with van der Waals surface area (Å²) in [7, 11) is 0. The molecule has 0 aromatic carbocycles. The Morgan fingerprint density at radius 3 is 3.00 bits per heavy atom. The fraction of sp³-hybridized carbons (Fsp3) is 0.636. The van der Waals surface area contributed by atoms with Gasteiger partial charge in [0.15, 0.2) is 5.13 Å². The van der Waals surface area contributed by atoms with Crippen LogP contribution in [0.3, 0.4) is 0 Å². The average molecular weight is 224 g/mol. The van der Waals surface area contributed by atoms with Crippen LogP contribution in [0.15, 0.2) is 0 Å². The first-order valence-corrected chi connectivity index (χ1v) is 6.25. The first-order chi connectivity index (χ1) is 7.15. The lowest BCUT2D eigenvalue weighted by molar-refractivity contribution is -0.116. The van der Waals surface area contributed by atoms with Crippen molar-refractivity contribution < 1.29 is 4.79 Å². The van der Waals surface area contributed by atoms with Crippen molar-refractivity contribution in [2.75, 3.05) is 5.32 Å². The van der Waals surface area contributed by atoms with Crippen LogP contribution in [-0.2, 0) is 17.6 Å². The van der Waals surface area contributed by atoms with Crippen molar-refractivity contribution in [3.63, 3.8) is 0 Å². The molecule has 1 aliphatic carbocycles. The van der Waals surface area contributed by atoms with Gasteiger partial charge in [-0.2, -0.15) is 0 Å². The minimum atomic E-state index is 0.0809. The Morgan fingerprint density at radius 1 is 1.53 bits per heavy atom. The second-order valence-corrected chi connectivity index (χ2v) is 5.47. The lowest BCUT2D eigenvalue weighted by Crippen LogP contribution is -2.13. The molecule has 0 fully saturated rings. The van der Waals surface area contributed by atoms with E-state index < -0.39 is 0 Å². The molecule has 0 bridgehead atoms. The van der Waals surface area contributed by atoms with Gasteiger partial charge < -0.3 is 5.32 Å². The first kappa shape index (κ1) is 10.6. The Bertz CT molecular complexity index is 349. The van der Waals surface area contributed by atoms with Crippen molar-refractivity contribution in [3.8, 4) is 0 Å². The zero-order valence-corrected chi connectivity index (χ0v) is 9.99. The number of aromatic nitrogens is 1. The van der Waals surface area contributed by atoms with Gasteiger partial charge in [0, 0.05) is 11.3 Å². The van der Waals surface area contributed by atoms with Crippen molar-refractivity contribution in [2.24, 2.45) is 5.92 Å². The van der Waals surface area contributed by atoms with Gasteiger partial charge in [-0.15, -0.1) is 11.3 Å². The number of hydrogen-bond acceptors (Lipinski definition) is 3. The summed E-state index contributed by atoms with van der Waals surface area (Å²) in [6, 6.07) is 0. The van der Waals surface area contributed by atoms with Crippen LogP contribution < -0.4 is 5.32 Å². The molecule has 0 unspecified atom stereocenters. The standard InChI is InChI=1S/C11H16N2OS/c1-7(2)6-10(14)13-11-12-8-4-3-5-9(8)15-11/h7H,3-6H2,1-2H3,(H,12,13,14). The molecule has 0 saturated heterocycles. The van der Waals surface area contributed by atoms with Gasteiger partial charge in [-0.05, 0) is 25.2 Å². The van der Waals surface area contributed by atoms with E-state index in [1.54, 1.807) is 11.3 Å². The number of aryl methyl sites for hydroxylation is 2. The molecule has 1 aliphatic rings. The monoisotopic (exact) mass is 224 g/mol. The second kappa shape index (κ2) is 4.31. The quantitative estimate of drug-likeness (QED) is 0.857. The minimum absolute atomic E-state index is 0.0809. The Balaban J connectivity index is 1.96. The molecule has 1 N–H and O–H groups in total. The van der Waals surface area contributed by atoms with Gasteiger partial charge in [0.2, 0.25) is 5.91 Å². The maximum Gasteiger partial charge on any atom is 0.226 e. The van der Waals surface area contributed by atoms with Crippen LogP contribution in [0.4, 0.5) is 5.13 Å². The Morgan fingerprint density at radius 2 is 2.33 bits per heavy atom. The van der Waals surface area contributed by atoms with Crippen LogP contribution in [0.25, 0.3) is 0 Å². The first-order valence-electron chi connectivity index (χ1n) is 5.43. The van der Waals surface area contributed by atoms with Gasteiger partial charge in [0.25, 0.3) is 0 Å². The van der Waals surface area contributed by atoms with E-state index in [2.05, 4.69) is 10.3 Å². The van der Waals surface area contributed by atoms with Gasteiger partial charge in [-0.25, -0.2) is 4.98 Å². The summed E-state index contributed by atoms with van der Waals surface area (Å²) < 4.78 is 0. The molecular weight excluding hydrogens is 208 g/mol. The van der Waals surface area contributed by atoms with Gasteiger partial charge in [0.1, 0.15) is 0 Å². The lowest BCUT2D eigenvalue weighted by Gasteiger charge is -2.03. The van der Waals surface area contributed by atoms with Crippen LogP contribution in [0.1, 0.15) is 37.3 Å². The molecule has 0 saturated carbocycles. The van der Waals surface area contributed by atoms with Crippen LogP contribution in [-0.4, -0.2) is 10.9 Å². The molecular formula is C11H16N2OS. The molecule has 4 heteroatoms. The van der Waals surface area contributed by atoms with E-state index in [9.17, 15) is 4.79 Å². The summed E-state index contributed by atoms with van der Waals surface area (Å²) in [5.41, 5.74) is 1.19. The molecule has 0 spiro atoms. The highest BCUT2D eigenvalue weighted by atomic mass is 32.1. The molecule has 0 radical (unpaired) electrons. The van der Waals surface area contributed by atoms with Crippen molar-refractivity contribution in [1.82, 2.24) is 4.98 Å². The molecule has 2 rings (SSSR count). The third-order valence-electron chi connectivity index (χ3n) is 2.44. The van der Waals surface area contributed by atoms with E-state index in [0.29, 0.717) is 12.3 Å². The van der Waals surface area contributed by atoms with Gasteiger partial charge >= 0.3 is 0 Å². The van der Waals surface area contributed by atoms with E-state index in [-0.39, 0.29) is 5.91 Å². The predicted molar refractivity (Wildman–Crippen MR) is 62.2 cm³/mol. The van der Waals surface area contributed by atoms with Crippen molar-refractivity contribution in [1.29, 1.82) is 0 Å². The number of rotatable bonds is 3. The van der Waals surface area contributed by atoms with Crippen molar-refractivity contribution in [3.05, 3.63) is 10.6 Å². The maximum absolute atomic E-state index is 11.5. The molecule has 1 heterocycles. The Labute approximate surface area is 93.9 Å². The molecule has 1 aromatic rings. The molecule has 1 aromatic heterocycles. The van der Waals surface area contributed by atoms with E-state index in [4.69, 9.17) is 0 Å². The largest absolute Gasteiger partial charge is 0.302 e. The Kier molecular flexibility index (Phi) is 3.05. The number of thiazole rings is 1. The fourth-order valence-electron chi connectivity index (χ4n) is 1.78. The van der Waals surface area contributed by atoms with Gasteiger partial charge in [-0.3, -0.25) is 4.79 Å². The predicted octanol–water partition coefficient (Wildman–Crippen LogP) is 2.62. The normalized spacial score (nSPS) is 14.3. The van der Waals surface area contributed by atoms with E-state index >= 15 is 0 Å². The zero-order chi connectivity index (χ0) is 10.8. The number of carbonyl (C=O) groups is 1. The van der Waals surface area contributed by atoms with Gasteiger partial charge in [0.05, 0.1) is 5.69 Å². The summed E-state index contributed by atoms with van der Waals surface area (Å²) in [5, 5.41) is 3.65. The minimum Gasteiger partial charge on any atom is -0.302 e. The Hall–Kier alpha value is -0.900. The number of amides is 1. The highest BCUT2D eigenvalue weighted by Gasteiger charge is 2.17. The average Bonchev–Trinajstić information content (AvgIpc) is 2.60. The summed E-state index contributed by atoms with van der Waals surface area (Å²) in [5.74, 6) is 0.481.